The molecule has 0 aromatic heterocycles. The molecule has 0 radical (unpaired) electrons. The first-order valence-electron chi connectivity index (χ1n) is 4.95. The highest BCUT2D eigenvalue weighted by atomic mass is 16.2. The summed E-state index contributed by atoms with van der Waals surface area (Å²) in [5, 5.41) is 5.58. The number of nitrogens with one attached hydrogen (secondary N) is 2. The van der Waals surface area contributed by atoms with Gasteiger partial charge in [-0.25, -0.2) is 0 Å². The van der Waals surface area contributed by atoms with Crippen LogP contribution in [0.5, 0.6) is 0 Å². The number of rotatable bonds is 2. The molecule has 2 N–H and O–H groups in total. The van der Waals surface area contributed by atoms with Gasteiger partial charge in [-0.2, -0.15) is 0 Å². The zero-order valence-corrected chi connectivity index (χ0v) is 8.25. The van der Waals surface area contributed by atoms with E-state index in [0.29, 0.717) is 12.5 Å². The number of carbonyl (C=O) groups is 2. The predicted molar refractivity (Wildman–Crippen MR) is 50.6 cm³/mol. The van der Waals surface area contributed by atoms with E-state index in [2.05, 4.69) is 10.6 Å². The Labute approximate surface area is 82.8 Å². The first-order valence-corrected chi connectivity index (χ1v) is 4.95. The fourth-order valence-electron chi connectivity index (χ4n) is 2.11. The first kappa shape index (κ1) is 9.61. The number of carbonyl (C=O) groups excluding carboxylic acids is 2. The molecule has 0 aromatic carbocycles. The molecule has 2 atom stereocenters. The van der Waals surface area contributed by atoms with Crippen molar-refractivity contribution in [1.29, 1.82) is 0 Å². The molecule has 0 aliphatic carbocycles. The van der Waals surface area contributed by atoms with Crippen molar-refractivity contribution in [1.82, 2.24) is 15.5 Å². The monoisotopic (exact) mass is 197 g/mol. The molecule has 2 fully saturated rings. The van der Waals surface area contributed by atoms with Crippen molar-refractivity contribution >= 4 is 11.8 Å². The van der Waals surface area contributed by atoms with Crippen LogP contribution in [-0.2, 0) is 9.59 Å². The Morgan fingerprint density at radius 3 is 2.71 bits per heavy atom. The third-order valence-electron chi connectivity index (χ3n) is 3.05. The number of nitrogens with zero attached hydrogens (tertiary/aromatic N) is 1. The molecule has 2 aliphatic heterocycles. The Morgan fingerprint density at radius 1 is 1.43 bits per heavy atom. The lowest BCUT2D eigenvalue weighted by atomic mass is 10.1. The Morgan fingerprint density at radius 2 is 2.21 bits per heavy atom. The molecule has 2 aliphatic rings. The molecular formula is C9H15N3O2. The minimum absolute atomic E-state index is 0.149. The lowest BCUT2D eigenvalue weighted by Gasteiger charge is -2.27. The predicted octanol–water partition coefficient (Wildman–Crippen LogP) is -1.30. The van der Waals surface area contributed by atoms with Crippen LogP contribution in [0.25, 0.3) is 0 Å². The average Bonchev–Trinajstić information content (AvgIpc) is 2.73. The van der Waals surface area contributed by atoms with E-state index < -0.39 is 0 Å². The van der Waals surface area contributed by atoms with Crippen molar-refractivity contribution in [3.8, 4) is 0 Å². The summed E-state index contributed by atoms with van der Waals surface area (Å²) in [7, 11) is 1.92. The zero-order chi connectivity index (χ0) is 10.1. The summed E-state index contributed by atoms with van der Waals surface area (Å²) in [5.41, 5.74) is 0. The largest absolute Gasteiger partial charge is 0.315 e. The highest BCUT2D eigenvalue weighted by molar-refractivity contribution is 6.05. The molecule has 2 rings (SSSR count). The van der Waals surface area contributed by atoms with Crippen LogP contribution in [0.1, 0.15) is 12.8 Å². The van der Waals surface area contributed by atoms with Crippen LogP contribution in [0, 0.1) is 0 Å². The van der Waals surface area contributed by atoms with Crippen molar-refractivity contribution < 1.29 is 9.59 Å². The molecule has 2 saturated heterocycles. The van der Waals surface area contributed by atoms with Gasteiger partial charge in [0.05, 0.1) is 12.5 Å². The van der Waals surface area contributed by atoms with Crippen LogP contribution < -0.4 is 10.6 Å². The highest BCUT2D eigenvalue weighted by Gasteiger charge is 2.36. The van der Waals surface area contributed by atoms with Crippen LogP contribution in [-0.4, -0.2) is 48.9 Å². The van der Waals surface area contributed by atoms with Crippen LogP contribution in [0.2, 0.25) is 0 Å². The minimum Gasteiger partial charge on any atom is -0.315 e. The molecule has 0 bridgehead atoms. The Balaban J connectivity index is 1.99. The van der Waals surface area contributed by atoms with Gasteiger partial charge in [-0.3, -0.25) is 19.8 Å². The SMILES string of the molecule is CN(C1CCNC1)C1CC(=O)NC1=O. The summed E-state index contributed by atoms with van der Waals surface area (Å²) in [6.07, 6.45) is 1.36. The summed E-state index contributed by atoms with van der Waals surface area (Å²) in [4.78, 5) is 24.4. The maximum atomic E-state index is 11.4. The molecule has 2 heterocycles. The Hall–Kier alpha value is -0.940. The van der Waals surface area contributed by atoms with Gasteiger partial charge in [-0.15, -0.1) is 0 Å². The van der Waals surface area contributed by atoms with Crippen LogP contribution in [0.4, 0.5) is 0 Å². The fraction of sp³-hybridized carbons (Fsp3) is 0.778. The standard InChI is InChI=1S/C9H15N3O2/c1-12(6-2-3-10-5-6)7-4-8(13)11-9(7)14/h6-7,10H,2-5H2,1H3,(H,11,13,14). The van der Waals surface area contributed by atoms with Crippen LogP contribution in [0.15, 0.2) is 0 Å². The van der Waals surface area contributed by atoms with Crippen molar-refractivity contribution in [2.45, 2.75) is 24.9 Å². The molecule has 0 spiro atoms. The molecule has 0 aromatic rings. The molecule has 14 heavy (non-hydrogen) atoms. The summed E-state index contributed by atoms with van der Waals surface area (Å²) >= 11 is 0. The average molecular weight is 197 g/mol. The zero-order valence-electron chi connectivity index (χ0n) is 8.25. The number of hydrogen-bond acceptors (Lipinski definition) is 4. The Kier molecular flexibility index (Phi) is 2.52. The number of likely N-dealkylation sites (N-methyl/N-ethyl adjacent to an activating group) is 1. The van der Waals surface area contributed by atoms with Crippen molar-refractivity contribution in [3.63, 3.8) is 0 Å². The van der Waals surface area contributed by atoms with Gasteiger partial charge < -0.3 is 5.32 Å². The number of hydrogen-bond donors (Lipinski definition) is 2. The summed E-state index contributed by atoms with van der Waals surface area (Å²) in [5.74, 6) is -0.304. The van der Waals surface area contributed by atoms with E-state index in [1.54, 1.807) is 0 Å². The number of amides is 2. The van der Waals surface area contributed by atoms with Crippen LogP contribution >= 0.6 is 0 Å². The van der Waals surface area contributed by atoms with Gasteiger partial charge in [-0.1, -0.05) is 0 Å². The van der Waals surface area contributed by atoms with E-state index in [1.165, 1.54) is 0 Å². The smallest absolute Gasteiger partial charge is 0.244 e. The van der Waals surface area contributed by atoms with E-state index in [9.17, 15) is 9.59 Å². The van der Waals surface area contributed by atoms with Gasteiger partial charge in [0.25, 0.3) is 0 Å². The molecule has 2 unspecified atom stereocenters. The lowest BCUT2D eigenvalue weighted by molar-refractivity contribution is -0.126. The third-order valence-corrected chi connectivity index (χ3v) is 3.05. The van der Waals surface area contributed by atoms with E-state index in [1.807, 2.05) is 11.9 Å². The third kappa shape index (κ3) is 1.65. The maximum absolute atomic E-state index is 11.4. The minimum atomic E-state index is -0.257. The van der Waals surface area contributed by atoms with E-state index in [4.69, 9.17) is 0 Å². The normalized spacial score (nSPS) is 32.7. The summed E-state index contributed by atoms with van der Waals surface area (Å²) < 4.78 is 0. The summed E-state index contributed by atoms with van der Waals surface area (Å²) in [6, 6.07) is 0.129. The molecule has 78 valence electrons. The van der Waals surface area contributed by atoms with E-state index in [0.717, 1.165) is 19.5 Å². The molecule has 5 nitrogen and oxygen atoms in total. The van der Waals surface area contributed by atoms with Gasteiger partial charge in [0.15, 0.2) is 0 Å². The van der Waals surface area contributed by atoms with Gasteiger partial charge in [0, 0.05) is 12.6 Å². The van der Waals surface area contributed by atoms with Crippen molar-refractivity contribution in [2.75, 3.05) is 20.1 Å². The summed E-state index contributed by atoms with van der Waals surface area (Å²) in [6.45, 7) is 1.91. The molecule has 0 saturated carbocycles. The number of imide groups is 1. The van der Waals surface area contributed by atoms with Crippen molar-refractivity contribution in [3.05, 3.63) is 0 Å². The van der Waals surface area contributed by atoms with Gasteiger partial charge in [0.1, 0.15) is 0 Å². The topological polar surface area (TPSA) is 61.4 Å². The van der Waals surface area contributed by atoms with Gasteiger partial charge in [0.2, 0.25) is 11.8 Å². The van der Waals surface area contributed by atoms with Gasteiger partial charge >= 0.3 is 0 Å². The second-order valence-electron chi connectivity index (χ2n) is 3.94. The maximum Gasteiger partial charge on any atom is 0.244 e. The van der Waals surface area contributed by atoms with Crippen molar-refractivity contribution in [2.24, 2.45) is 0 Å². The van der Waals surface area contributed by atoms with Crippen LogP contribution in [0.3, 0.4) is 0 Å². The second-order valence-corrected chi connectivity index (χ2v) is 3.94. The molecule has 2 amide bonds. The van der Waals surface area contributed by atoms with E-state index in [-0.39, 0.29) is 17.9 Å². The lowest BCUT2D eigenvalue weighted by Crippen LogP contribution is -2.45. The first-order chi connectivity index (χ1) is 6.68. The highest BCUT2D eigenvalue weighted by Crippen LogP contribution is 2.15. The van der Waals surface area contributed by atoms with Gasteiger partial charge in [-0.05, 0) is 20.0 Å². The quantitative estimate of drug-likeness (QED) is 0.540. The fourth-order valence-corrected chi connectivity index (χ4v) is 2.11. The molecular weight excluding hydrogens is 182 g/mol. The second kappa shape index (κ2) is 3.67. The Bertz CT molecular complexity index is 261. The van der Waals surface area contributed by atoms with E-state index >= 15 is 0 Å². The molecule has 5 heteroatoms.